The predicted octanol–water partition coefficient (Wildman–Crippen LogP) is 0.723. The third-order valence-corrected chi connectivity index (χ3v) is 3.20. The van der Waals surface area contributed by atoms with Gasteiger partial charge in [-0.1, -0.05) is 26.8 Å². The summed E-state index contributed by atoms with van der Waals surface area (Å²) in [7, 11) is -1.41. The van der Waals surface area contributed by atoms with Gasteiger partial charge in [0, 0.05) is 13.1 Å². The Morgan fingerprint density at radius 2 is 2.06 bits per heavy atom. The van der Waals surface area contributed by atoms with Crippen molar-refractivity contribution in [1.29, 1.82) is 0 Å². The summed E-state index contributed by atoms with van der Waals surface area (Å²) >= 11 is 0. The highest BCUT2D eigenvalue weighted by molar-refractivity contribution is 6.50. The lowest BCUT2D eigenvalue weighted by Gasteiger charge is -2.18. The molecule has 4 nitrogen and oxygen atoms in total. The van der Waals surface area contributed by atoms with Crippen LogP contribution in [0.15, 0.2) is 23.4 Å². The van der Waals surface area contributed by atoms with E-state index in [2.05, 4.69) is 11.8 Å². The molecule has 0 radical (unpaired) electrons. The fourth-order valence-electron chi connectivity index (χ4n) is 2.03. The molecule has 0 aromatic carbocycles. The van der Waals surface area contributed by atoms with Gasteiger partial charge in [-0.15, -0.1) is 0 Å². The molecule has 96 valence electrons. The van der Waals surface area contributed by atoms with E-state index in [1.54, 1.807) is 12.2 Å². The molecule has 5 heteroatoms. The van der Waals surface area contributed by atoms with E-state index in [4.69, 9.17) is 5.73 Å². The second-order valence-electron chi connectivity index (χ2n) is 5.13. The minimum atomic E-state index is -1.41. The smallest absolute Gasteiger partial charge is 0.423 e. The minimum Gasteiger partial charge on any atom is -0.423 e. The van der Waals surface area contributed by atoms with Gasteiger partial charge < -0.3 is 20.7 Å². The largest absolute Gasteiger partial charge is 0.484 e. The first-order valence-corrected chi connectivity index (χ1v) is 6.20. The van der Waals surface area contributed by atoms with E-state index < -0.39 is 7.12 Å². The summed E-state index contributed by atoms with van der Waals surface area (Å²) in [6.07, 6.45) is 4.65. The molecule has 1 fully saturated rings. The molecular weight excluding hydrogens is 215 g/mol. The summed E-state index contributed by atoms with van der Waals surface area (Å²) in [5.74, 6) is 1.48. The van der Waals surface area contributed by atoms with E-state index in [1.807, 2.05) is 13.8 Å². The number of hydrogen-bond acceptors (Lipinski definition) is 4. The Bertz CT molecular complexity index is 304. The van der Waals surface area contributed by atoms with E-state index in [1.165, 1.54) is 0 Å². The van der Waals surface area contributed by atoms with E-state index >= 15 is 0 Å². The zero-order valence-electron chi connectivity index (χ0n) is 10.9. The first kappa shape index (κ1) is 14.1. The third kappa shape index (κ3) is 4.09. The first-order chi connectivity index (χ1) is 7.91. The van der Waals surface area contributed by atoms with Gasteiger partial charge in [0.1, 0.15) is 0 Å². The predicted molar refractivity (Wildman–Crippen MR) is 70.7 cm³/mol. The van der Waals surface area contributed by atoms with Crippen molar-refractivity contribution in [2.75, 3.05) is 13.1 Å². The number of allylic oxidation sites excluding steroid dienone is 3. The van der Waals surface area contributed by atoms with Gasteiger partial charge in [0.05, 0.1) is 5.82 Å². The van der Waals surface area contributed by atoms with Crippen molar-refractivity contribution in [2.24, 2.45) is 17.6 Å². The lowest BCUT2D eigenvalue weighted by molar-refractivity contribution is 0.405. The number of rotatable bonds is 4. The molecule has 0 aromatic heterocycles. The highest BCUT2D eigenvalue weighted by atomic mass is 16.4. The lowest BCUT2D eigenvalue weighted by atomic mass is 9.72. The molecule has 0 saturated carbocycles. The monoisotopic (exact) mass is 238 g/mol. The maximum Gasteiger partial charge on any atom is 0.484 e. The molecule has 0 amide bonds. The second kappa shape index (κ2) is 6.12. The van der Waals surface area contributed by atoms with Crippen LogP contribution in [0.3, 0.4) is 0 Å². The molecule has 4 N–H and O–H groups in total. The van der Waals surface area contributed by atoms with Gasteiger partial charge >= 0.3 is 7.12 Å². The Balaban J connectivity index is 2.70. The molecule has 0 aromatic rings. The summed E-state index contributed by atoms with van der Waals surface area (Å²) in [5.41, 5.74) is 6.55. The molecule has 17 heavy (non-hydrogen) atoms. The van der Waals surface area contributed by atoms with Crippen LogP contribution in [0.25, 0.3) is 0 Å². The molecule has 1 unspecified atom stereocenters. The van der Waals surface area contributed by atoms with E-state index in [0.717, 1.165) is 19.5 Å². The maximum absolute atomic E-state index is 9.21. The number of hydrogen-bond donors (Lipinski definition) is 3. The average Bonchev–Trinajstić information content (AvgIpc) is 2.63. The zero-order chi connectivity index (χ0) is 13.0. The fraction of sp³-hybridized carbons (Fsp3) is 0.667. The summed E-state index contributed by atoms with van der Waals surface area (Å²) < 4.78 is 0. The topological polar surface area (TPSA) is 69.7 Å². The molecular formula is C12H23BN2O2. The van der Waals surface area contributed by atoms with E-state index in [-0.39, 0.29) is 5.92 Å². The molecule has 0 aliphatic carbocycles. The number of nitrogens with zero attached hydrogens (tertiary/aromatic N) is 1. The Hall–Kier alpha value is -0.935. The lowest BCUT2D eigenvalue weighted by Crippen LogP contribution is -2.25. The Morgan fingerprint density at radius 3 is 2.47 bits per heavy atom. The maximum atomic E-state index is 9.21. The molecule has 1 atom stereocenters. The number of likely N-dealkylation sites (tertiary alicyclic amines) is 1. The van der Waals surface area contributed by atoms with Crippen molar-refractivity contribution in [1.82, 2.24) is 4.90 Å². The zero-order valence-corrected chi connectivity index (χ0v) is 10.9. The molecule has 0 spiro atoms. The SMILES string of the molecule is CC1CCN(/C(N)=C/C=C(/B(O)O)C(C)C)C1. The van der Waals surface area contributed by atoms with Gasteiger partial charge in [-0.05, 0) is 29.8 Å². The van der Waals surface area contributed by atoms with Crippen molar-refractivity contribution in [3.05, 3.63) is 23.4 Å². The summed E-state index contributed by atoms with van der Waals surface area (Å²) in [6, 6.07) is 0. The van der Waals surface area contributed by atoms with Crippen LogP contribution in [0.4, 0.5) is 0 Å². The first-order valence-electron chi connectivity index (χ1n) is 6.20. The molecule has 0 bridgehead atoms. The van der Waals surface area contributed by atoms with Gasteiger partial charge in [-0.25, -0.2) is 0 Å². The van der Waals surface area contributed by atoms with Crippen molar-refractivity contribution in [3.63, 3.8) is 0 Å². The Labute approximate surface area is 104 Å². The standard InChI is InChI=1S/C12H23BN2O2/c1-9(2)11(13(16)17)4-5-12(14)15-7-6-10(3)8-15/h4-5,9-10,16-17H,6-8,14H2,1-3H3/b11-4+,12-5+. The molecule has 1 aliphatic rings. The van der Waals surface area contributed by atoms with Crippen molar-refractivity contribution < 1.29 is 10.0 Å². The average molecular weight is 238 g/mol. The van der Waals surface area contributed by atoms with Crippen LogP contribution >= 0.6 is 0 Å². The van der Waals surface area contributed by atoms with Crippen LogP contribution in [-0.4, -0.2) is 35.2 Å². The summed E-state index contributed by atoms with van der Waals surface area (Å²) in [5, 5.41) is 18.4. The van der Waals surface area contributed by atoms with Gasteiger partial charge in [-0.2, -0.15) is 0 Å². The molecule has 1 saturated heterocycles. The highest BCUT2D eigenvalue weighted by Crippen LogP contribution is 2.18. The second-order valence-corrected chi connectivity index (χ2v) is 5.13. The number of nitrogens with two attached hydrogens (primary N) is 1. The van der Waals surface area contributed by atoms with Crippen molar-refractivity contribution in [2.45, 2.75) is 27.2 Å². The van der Waals surface area contributed by atoms with Crippen LogP contribution in [0.1, 0.15) is 27.2 Å². The van der Waals surface area contributed by atoms with Gasteiger partial charge in [-0.3, -0.25) is 0 Å². The fourth-order valence-corrected chi connectivity index (χ4v) is 2.03. The highest BCUT2D eigenvalue weighted by Gasteiger charge is 2.20. The van der Waals surface area contributed by atoms with Crippen LogP contribution in [0.2, 0.25) is 0 Å². The van der Waals surface area contributed by atoms with Crippen molar-refractivity contribution in [3.8, 4) is 0 Å². The summed E-state index contributed by atoms with van der Waals surface area (Å²) in [4.78, 5) is 2.13. The van der Waals surface area contributed by atoms with Crippen molar-refractivity contribution >= 4 is 7.12 Å². The quantitative estimate of drug-likeness (QED) is 0.498. The van der Waals surface area contributed by atoms with Crippen LogP contribution in [0, 0.1) is 11.8 Å². The molecule has 1 aliphatic heterocycles. The molecule has 1 heterocycles. The van der Waals surface area contributed by atoms with Crippen LogP contribution in [0.5, 0.6) is 0 Å². The van der Waals surface area contributed by atoms with E-state index in [9.17, 15) is 10.0 Å². The normalized spacial score (nSPS) is 22.5. The van der Waals surface area contributed by atoms with E-state index in [0.29, 0.717) is 17.2 Å². The Morgan fingerprint density at radius 1 is 1.41 bits per heavy atom. The van der Waals surface area contributed by atoms with Gasteiger partial charge in [0.25, 0.3) is 0 Å². The third-order valence-electron chi connectivity index (χ3n) is 3.20. The van der Waals surface area contributed by atoms with Gasteiger partial charge in [0.15, 0.2) is 0 Å². The Kier molecular flexibility index (Phi) is 5.09. The molecule has 1 rings (SSSR count). The summed E-state index contributed by atoms with van der Waals surface area (Å²) in [6.45, 7) is 8.02. The van der Waals surface area contributed by atoms with Crippen LogP contribution in [-0.2, 0) is 0 Å². The van der Waals surface area contributed by atoms with Crippen LogP contribution < -0.4 is 5.73 Å². The van der Waals surface area contributed by atoms with Gasteiger partial charge in [0.2, 0.25) is 0 Å². The minimum absolute atomic E-state index is 0.0940.